The fourth-order valence-electron chi connectivity index (χ4n) is 2.44. The van der Waals surface area contributed by atoms with E-state index < -0.39 is 0 Å². The van der Waals surface area contributed by atoms with Gasteiger partial charge < -0.3 is 19.7 Å². The maximum atomic E-state index is 5.29. The molecular weight excluding hydrogens is 443 g/mol. The van der Waals surface area contributed by atoms with Gasteiger partial charge in [0, 0.05) is 31.9 Å². The molecule has 1 heterocycles. The topological polar surface area (TPSA) is 59.0 Å². The van der Waals surface area contributed by atoms with Crippen LogP contribution < -0.4 is 14.8 Å². The van der Waals surface area contributed by atoms with Crippen molar-refractivity contribution < 1.29 is 9.47 Å². The maximum Gasteiger partial charge on any atom is 0.218 e. The number of halogens is 1. The third kappa shape index (κ3) is 6.36. The van der Waals surface area contributed by atoms with Crippen LogP contribution in [0, 0.1) is 0 Å². The van der Waals surface area contributed by atoms with Crippen molar-refractivity contribution in [2.24, 2.45) is 4.99 Å². The smallest absolute Gasteiger partial charge is 0.218 e. The lowest BCUT2D eigenvalue weighted by Gasteiger charge is -2.22. The molecule has 0 unspecified atom stereocenters. The van der Waals surface area contributed by atoms with Crippen LogP contribution in [-0.4, -0.2) is 43.7 Å². The van der Waals surface area contributed by atoms with E-state index in [4.69, 9.17) is 14.5 Å². The van der Waals surface area contributed by atoms with Gasteiger partial charge in [0.25, 0.3) is 0 Å². The molecule has 1 N–H and O–H groups in total. The summed E-state index contributed by atoms with van der Waals surface area (Å²) in [6.07, 6.45) is 1.72. The van der Waals surface area contributed by atoms with E-state index in [1.54, 1.807) is 20.4 Å². The van der Waals surface area contributed by atoms with Gasteiger partial charge in [-0.15, -0.1) is 24.0 Å². The fourth-order valence-corrected chi connectivity index (χ4v) is 2.44. The second-order valence-corrected chi connectivity index (χ2v) is 5.55. The summed E-state index contributed by atoms with van der Waals surface area (Å²) < 4.78 is 10.5. The number of ether oxygens (including phenoxy) is 2. The van der Waals surface area contributed by atoms with Gasteiger partial charge in [0.05, 0.1) is 20.8 Å². The van der Waals surface area contributed by atoms with Crippen LogP contribution in [0.1, 0.15) is 18.1 Å². The van der Waals surface area contributed by atoms with E-state index in [9.17, 15) is 0 Å². The molecule has 7 heteroatoms. The highest BCUT2D eigenvalue weighted by molar-refractivity contribution is 14.0. The van der Waals surface area contributed by atoms with Crippen LogP contribution in [-0.2, 0) is 13.1 Å². The number of rotatable bonds is 7. The quantitative estimate of drug-likeness (QED) is 0.382. The zero-order valence-electron chi connectivity index (χ0n) is 15.7. The summed E-state index contributed by atoms with van der Waals surface area (Å²) in [6.45, 7) is 4.11. The standard InChI is InChI=1S/C19H26N4O2.HI/c1-5-20-19(22-13-16-7-6-12-21-18(16)25-4)23(2)14-15-8-10-17(24-3)11-9-15;/h6-12H,5,13-14H2,1-4H3,(H,20,22);1H. The van der Waals surface area contributed by atoms with Crippen molar-refractivity contribution in [2.45, 2.75) is 20.0 Å². The number of hydrogen-bond donors (Lipinski definition) is 1. The van der Waals surface area contributed by atoms with Gasteiger partial charge in [0.15, 0.2) is 5.96 Å². The zero-order valence-corrected chi connectivity index (χ0v) is 18.1. The molecule has 0 radical (unpaired) electrons. The van der Waals surface area contributed by atoms with Crippen molar-refractivity contribution in [2.75, 3.05) is 27.8 Å². The van der Waals surface area contributed by atoms with Crippen LogP contribution >= 0.6 is 24.0 Å². The molecule has 0 aliphatic carbocycles. The number of hydrogen-bond acceptors (Lipinski definition) is 4. The van der Waals surface area contributed by atoms with Crippen LogP contribution in [0.25, 0.3) is 0 Å². The molecule has 0 atom stereocenters. The molecule has 0 spiro atoms. The number of guanidine groups is 1. The Balaban J connectivity index is 0.00000338. The maximum absolute atomic E-state index is 5.29. The normalized spacial score (nSPS) is 10.7. The first-order chi connectivity index (χ1) is 12.2. The van der Waals surface area contributed by atoms with E-state index in [-0.39, 0.29) is 24.0 Å². The Morgan fingerprint density at radius 3 is 2.50 bits per heavy atom. The summed E-state index contributed by atoms with van der Waals surface area (Å²) in [6, 6.07) is 11.9. The van der Waals surface area contributed by atoms with Gasteiger partial charge in [-0.2, -0.15) is 0 Å². The number of pyridine rings is 1. The minimum atomic E-state index is 0. The molecule has 0 aliphatic heterocycles. The van der Waals surface area contributed by atoms with E-state index in [0.29, 0.717) is 12.4 Å². The molecular formula is C19H27IN4O2. The number of nitrogens with zero attached hydrogens (tertiary/aromatic N) is 3. The van der Waals surface area contributed by atoms with Crippen molar-refractivity contribution >= 4 is 29.9 Å². The average Bonchev–Trinajstić information content (AvgIpc) is 2.65. The van der Waals surface area contributed by atoms with Crippen LogP contribution in [0.3, 0.4) is 0 Å². The molecule has 142 valence electrons. The van der Waals surface area contributed by atoms with Gasteiger partial charge in [-0.3, -0.25) is 0 Å². The summed E-state index contributed by atoms with van der Waals surface area (Å²) in [5.74, 6) is 2.31. The van der Waals surface area contributed by atoms with E-state index >= 15 is 0 Å². The second kappa shape index (κ2) is 11.6. The first kappa shape index (κ1) is 22.0. The Morgan fingerprint density at radius 2 is 1.88 bits per heavy atom. The molecule has 2 rings (SSSR count). The van der Waals surface area contributed by atoms with Crippen LogP contribution in [0.5, 0.6) is 11.6 Å². The molecule has 0 saturated heterocycles. The minimum absolute atomic E-state index is 0. The highest BCUT2D eigenvalue weighted by Crippen LogP contribution is 2.15. The Bertz CT molecular complexity index is 692. The fraction of sp³-hybridized carbons (Fsp3) is 0.368. The molecule has 6 nitrogen and oxygen atoms in total. The van der Waals surface area contributed by atoms with Crippen LogP contribution in [0.15, 0.2) is 47.6 Å². The number of methoxy groups -OCH3 is 2. The Labute approximate surface area is 172 Å². The van der Waals surface area contributed by atoms with Gasteiger partial charge in [-0.1, -0.05) is 18.2 Å². The summed E-state index contributed by atoms with van der Waals surface area (Å²) in [5, 5.41) is 3.32. The number of nitrogens with one attached hydrogen (secondary N) is 1. The van der Waals surface area contributed by atoms with Crippen LogP contribution in [0.4, 0.5) is 0 Å². The van der Waals surface area contributed by atoms with Crippen molar-refractivity contribution in [3.63, 3.8) is 0 Å². The van der Waals surface area contributed by atoms with Crippen molar-refractivity contribution in [1.82, 2.24) is 15.2 Å². The largest absolute Gasteiger partial charge is 0.497 e. The van der Waals surface area contributed by atoms with Crippen molar-refractivity contribution in [3.8, 4) is 11.6 Å². The number of aliphatic imine (C=N–C) groups is 1. The summed E-state index contributed by atoms with van der Waals surface area (Å²) >= 11 is 0. The Hall–Kier alpha value is -2.03. The Morgan fingerprint density at radius 1 is 1.15 bits per heavy atom. The molecule has 26 heavy (non-hydrogen) atoms. The lowest BCUT2D eigenvalue weighted by molar-refractivity contribution is 0.392. The summed E-state index contributed by atoms with van der Waals surface area (Å²) in [7, 11) is 5.31. The van der Waals surface area contributed by atoms with Crippen LogP contribution in [0.2, 0.25) is 0 Å². The molecule has 1 aromatic heterocycles. The molecule has 0 bridgehead atoms. The highest BCUT2D eigenvalue weighted by atomic mass is 127. The summed E-state index contributed by atoms with van der Waals surface area (Å²) in [5.41, 5.74) is 2.14. The predicted octanol–water partition coefficient (Wildman–Crippen LogP) is 3.31. The molecule has 0 amide bonds. The van der Waals surface area contributed by atoms with Gasteiger partial charge in [0.1, 0.15) is 5.75 Å². The summed E-state index contributed by atoms with van der Waals surface area (Å²) in [4.78, 5) is 11.0. The van der Waals surface area contributed by atoms with E-state index in [1.165, 1.54) is 5.56 Å². The molecule has 0 saturated carbocycles. The third-order valence-corrected chi connectivity index (χ3v) is 3.72. The monoisotopic (exact) mass is 470 g/mol. The third-order valence-electron chi connectivity index (χ3n) is 3.72. The minimum Gasteiger partial charge on any atom is -0.497 e. The number of benzene rings is 1. The lowest BCUT2D eigenvalue weighted by atomic mass is 10.2. The van der Waals surface area contributed by atoms with Gasteiger partial charge in [-0.05, 0) is 30.7 Å². The first-order valence-electron chi connectivity index (χ1n) is 8.28. The molecule has 1 aromatic carbocycles. The highest BCUT2D eigenvalue weighted by Gasteiger charge is 2.08. The van der Waals surface area contributed by atoms with Gasteiger partial charge in [-0.25, -0.2) is 9.98 Å². The molecule has 0 fully saturated rings. The predicted molar refractivity (Wildman–Crippen MR) is 115 cm³/mol. The van der Waals surface area contributed by atoms with E-state index in [1.807, 2.05) is 31.3 Å². The molecule has 2 aromatic rings. The van der Waals surface area contributed by atoms with Crippen molar-refractivity contribution in [1.29, 1.82) is 0 Å². The Kier molecular flexibility index (Phi) is 9.79. The van der Waals surface area contributed by atoms with E-state index in [2.05, 4.69) is 34.3 Å². The number of aromatic nitrogens is 1. The SMILES string of the molecule is CCNC(=NCc1cccnc1OC)N(C)Cc1ccc(OC)cc1.I. The van der Waals surface area contributed by atoms with Gasteiger partial charge in [0.2, 0.25) is 5.88 Å². The lowest BCUT2D eigenvalue weighted by Crippen LogP contribution is -2.38. The second-order valence-electron chi connectivity index (χ2n) is 5.55. The van der Waals surface area contributed by atoms with E-state index in [0.717, 1.165) is 30.4 Å². The first-order valence-corrected chi connectivity index (χ1v) is 8.28. The zero-order chi connectivity index (χ0) is 18.1. The average molecular weight is 470 g/mol. The van der Waals surface area contributed by atoms with Gasteiger partial charge >= 0.3 is 0 Å². The van der Waals surface area contributed by atoms with Crippen molar-refractivity contribution in [3.05, 3.63) is 53.7 Å². The molecule has 0 aliphatic rings.